The maximum atomic E-state index is 6.36. The lowest BCUT2D eigenvalue weighted by molar-refractivity contribution is -0.0592. The SMILES string of the molecule is CC1CC(OC2CCCC2I)CC(C)(C)C1. The van der Waals surface area contributed by atoms with Crippen LogP contribution in [0.5, 0.6) is 0 Å². The normalized spacial score (nSPS) is 43.5. The predicted molar refractivity (Wildman–Crippen MR) is 77.1 cm³/mol. The maximum absolute atomic E-state index is 6.36. The highest BCUT2D eigenvalue weighted by Crippen LogP contribution is 2.41. The van der Waals surface area contributed by atoms with Gasteiger partial charge in [-0.2, -0.15) is 0 Å². The van der Waals surface area contributed by atoms with Gasteiger partial charge in [-0.15, -0.1) is 0 Å². The van der Waals surface area contributed by atoms with Crippen LogP contribution < -0.4 is 0 Å². The van der Waals surface area contributed by atoms with Gasteiger partial charge in [0.2, 0.25) is 0 Å². The molecule has 0 N–H and O–H groups in total. The summed E-state index contributed by atoms with van der Waals surface area (Å²) in [5.41, 5.74) is 0.488. The molecule has 2 saturated carbocycles. The van der Waals surface area contributed by atoms with Crippen molar-refractivity contribution < 1.29 is 4.74 Å². The maximum Gasteiger partial charge on any atom is 0.0696 e. The van der Waals surface area contributed by atoms with Crippen molar-refractivity contribution in [3.05, 3.63) is 0 Å². The van der Waals surface area contributed by atoms with Crippen LogP contribution in [-0.4, -0.2) is 16.1 Å². The van der Waals surface area contributed by atoms with E-state index in [0.29, 0.717) is 17.6 Å². The molecule has 0 aromatic carbocycles. The summed E-state index contributed by atoms with van der Waals surface area (Å²) in [5.74, 6) is 0.836. The summed E-state index contributed by atoms with van der Waals surface area (Å²) in [7, 11) is 0. The van der Waals surface area contributed by atoms with Crippen LogP contribution >= 0.6 is 22.6 Å². The van der Waals surface area contributed by atoms with Gasteiger partial charge in [-0.3, -0.25) is 0 Å². The predicted octanol–water partition coefficient (Wildman–Crippen LogP) is 4.57. The first-order valence-corrected chi connectivity index (χ1v) is 8.00. The minimum absolute atomic E-state index is 0.488. The third kappa shape index (κ3) is 3.34. The zero-order valence-corrected chi connectivity index (χ0v) is 13.0. The van der Waals surface area contributed by atoms with Crippen molar-refractivity contribution in [3.63, 3.8) is 0 Å². The molecule has 2 heteroatoms. The number of alkyl halides is 1. The Labute approximate surface area is 114 Å². The zero-order valence-electron chi connectivity index (χ0n) is 10.8. The molecule has 2 aliphatic carbocycles. The molecule has 0 heterocycles. The second kappa shape index (κ2) is 5.13. The average molecular weight is 336 g/mol. The molecular weight excluding hydrogens is 311 g/mol. The molecule has 0 saturated heterocycles. The Morgan fingerprint density at radius 2 is 1.94 bits per heavy atom. The van der Waals surface area contributed by atoms with Crippen LogP contribution in [0.15, 0.2) is 0 Å². The van der Waals surface area contributed by atoms with E-state index in [-0.39, 0.29) is 0 Å². The number of hydrogen-bond acceptors (Lipinski definition) is 1. The Balaban J connectivity index is 1.89. The van der Waals surface area contributed by atoms with Gasteiger partial charge in [0.1, 0.15) is 0 Å². The third-order valence-corrected chi connectivity index (χ3v) is 5.51. The van der Waals surface area contributed by atoms with Crippen LogP contribution in [0.25, 0.3) is 0 Å². The summed E-state index contributed by atoms with van der Waals surface area (Å²) in [6, 6.07) is 0. The molecule has 16 heavy (non-hydrogen) atoms. The molecule has 94 valence electrons. The van der Waals surface area contributed by atoms with E-state index in [2.05, 4.69) is 43.4 Å². The Hall–Kier alpha value is 0.690. The Morgan fingerprint density at radius 1 is 1.19 bits per heavy atom. The minimum Gasteiger partial charge on any atom is -0.374 e. The smallest absolute Gasteiger partial charge is 0.0696 e. The van der Waals surface area contributed by atoms with Gasteiger partial charge in [0.05, 0.1) is 12.2 Å². The van der Waals surface area contributed by atoms with Gasteiger partial charge in [-0.1, -0.05) is 43.4 Å². The van der Waals surface area contributed by atoms with Crippen molar-refractivity contribution in [2.24, 2.45) is 11.3 Å². The summed E-state index contributed by atoms with van der Waals surface area (Å²) in [6.45, 7) is 7.18. The van der Waals surface area contributed by atoms with Crippen LogP contribution in [0.1, 0.15) is 59.3 Å². The molecule has 0 bridgehead atoms. The standard InChI is InChI=1S/C14H25IO/c1-10-7-11(9-14(2,3)8-10)16-13-6-4-5-12(13)15/h10-13H,4-9H2,1-3H3. The molecule has 2 fully saturated rings. The first-order valence-electron chi connectivity index (χ1n) is 6.76. The van der Waals surface area contributed by atoms with E-state index < -0.39 is 0 Å². The van der Waals surface area contributed by atoms with Crippen molar-refractivity contribution in [2.45, 2.75) is 75.4 Å². The summed E-state index contributed by atoms with van der Waals surface area (Å²) in [5, 5.41) is 0. The first-order chi connectivity index (χ1) is 7.46. The quantitative estimate of drug-likeness (QED) is 0.530. The first kappa shape index (κ1) is 13.1. The van der Waals surface area contributed by atoms with E-state index in [9.17, 15) is 0 Å². The van der Waals surface area contributed by atoms with E-state index in [0.717, 1.165) is 9.84 Å². The largest absolute Gasteiger partial charge is 0.374 e. The highest BCUT2D eigenvalue weighted by atomic mass is 127. The molecule has 0 amide bonds. The van der Waals surface area contributed by atoms with Crippen molar-refractivity contribution in [2.75, 3.05) is 0 Å². The third-order valence-electron chi connectivity index (χ3n) is 4.09. The lowest BCUT2D eigenvalue weighted by Crippen LogP contribution is -2.36. The van der Waals surface area contributed by atoms with Crippen LogP contribution in [-0.2, 0) is 4.74 Å². The van der Waals surface area contributed by atoms with Crippen LogP contribution in [0.2, 0.25) is 0 Å². The average Bonchev–Trinajstić information content (AvgIpc) is 2.48. The summed E-state index contributed by atoms with van der Waals surface area (Å²) in [4.78, 5) is 0. The van der Waals surface area contributed by atoms with Crippen molar-refractivity contribution >= 4 is 22.6 Å². The van der Waals surface area contributed by atoms with Gasteiger partial charge in [0, 0.05) is 3.92 Å². The highest BCUT2D eigenvalue weighted by Gasteiger charge is 2.35. The molecular formula is C14H25IO. The Morgan fingerprint density at radius 3 is 2.50 bits per heavy atom. The van der Waals surface area contributed by atoms with E-state index in [4.69, 9.17) is 4.74 Å². The fourth-order valence-electron chi connectivity index (χ4n) is 3.64. The van der Waals surface area contributed by atoms with E-state index in [1.807, 2.05) is 0 Å². The van der Waals surface area contributed by atoms with Gasteiger partial charge in [-0.05, 0) is 49.9 Å². The molecule has 2 rings (SSSR count). The van der Waals surface area contributed by atoms with Crippen molar-refractivity contribution in [3.8, 4) is 0 Å². The summed E-state index contributed by atoms with van der Waals surface area (Å²) < 4.78 is 7.13. The Bertz CT molecular complexity index is 239. The van der Waals surface area contributed by atoms with Gasteiger partial charge in [-0.25, -0.2) is 0 Å². The molecule has 4 atom stereocenters. The molecule has 0 aromatic heterocycles. The number of halogens is 1. The highest BCUT2D eigenvalue weighted by molar-refractivity contribution is 14.1. The number of hydrogen-bond donors (Lipinski definition) is 0. The van der Waals surface area contributed by atoms with Crippen LogP contribution in [0, 0.1) is 11.3 Å². The molecule has 0 spiro atoms. The van der Waals surface area contributed by atoms with Crippen molar-refractivity contribution in [1.29, 1.82) is 0 Å². The molecule has 1 nitrogen and oxygen atoms in total. The van der Waals surface area contributed by atoms with E-state index in [1.165, 1.54) is 38.5 Å². The van der Waals surface area contributed by atoms with Crippen molar-refractivity contribution in [1.82, 2.24) is 0 Å². The summed E-state index contributed by atoms with van der Waals surface area (Å²) in [6.07, 6.45) is 9.00. The lowest BCUT2D eigenvalue weighted by atomic mass is 9.71. The molecule has 0 aromatic rings. The molecule has 2 aliphatic rings. The topological polar surface area (TPSA) is 9.23 Å². The minimum atomic E-state index is 0.488. The molecule has 4 unspecified atom stereocenters. The summed E-state index contributed by atoms with van der Waals surface area (Å²) >= 11 is 2.58. The second-order valence-corrected chi connectivity index (χ2v) is 8.26. The Kier molecular flexibility index (Phi) is 4.21. The number of ether oxygens (including phenoxy) is 1. The van der Waals surface area contributed by atoms with E-state index >= 15 is 0 Å². The van der Waals surface area contributed by atoms with Gasteiger partial charge in [0.15, 0.2) is 0 Å². The lowest BCUT2D eigenvalue weighted by Gasteiger charge is -2.40. The van der Waals surface area contributed by atoms with Crippen LogP contribution in [0.4, 0.5) is 0 Å². The molecule has 0 radical (unpaired) electrons. The number of rotatable bonds is 2. The second-order valence-electron chi connectivity index (χ2n) is 6.66. The fourth-order valence-corrected chi connectivity index (χ4v) is 4.61. The van der Waals surface area contributed by atoms with Crippen LogP contribution in [0.3, 0.4) is 0 Å². The monoisotopic (exact) mass is 336 g/mol. The fraction of sp³-hybridized carbons (Fsp3) is 1.00. The van der Waals surface area contributed by atoms with E-state index in [1.54, 1.807) is 0 Å². The van der Waals surface area contributed by atoms with Gasteiger partial charge in [0.25, 0.3) is 0 Å². The van der Waals surface area contributed by atoms with Gasteiger partial charge < -0.3 is 4.74 Å². The zero-order chi connectivity index (χ0) is 11.8. The van der Waals surface area contributed by atoms with Gasteiger partial charge >= 0.3 is 0 Å². The molecule has 0 aliphatic heterocycles.